The van der Waals surface area contributed by atoms with E-state index in [0.29, 0.717) is 26.4 Å². The van der Waals surface area contributed by atoms with Gasteiger partial charge in [-0.05, 0) is 0 Å². The van der Waals surface area contributed by atoms with Crippen molar-refractivity contribution in [2.45, 2.75) is 6.10 Å². The third kappa shape index (κ3) is 9.54. The highest BCUT2D eigenvalue weighted by Gasteiger charge is 2.13. The average Bonchev–Trinajstić information content (AvgIpc) is 2.30. The van der Waals surface area contributed by atoms with Gasteiger partial charge >= 0.3 is 12.0 Å². The Kier molecular flexibility index (Phi) is 9.02. The summed E-state index contributed by atoms with van der Waals surface area (Å²) < 4.78 is 9.83. The highest BCUT2D eigenvalue weighted by atomic mass is 16.5. The Balaban J connectivity index is 3.38. The number of aliphatic carboxylic acids is 1. The summed E-state index contributed by atoms with van der Waals surface area (Å²) in [6, 6.07) is -0.555. The molecule has 0 rings (SSSR count). The molecule has 17 heavy (non-hydrogen) atoms. The third-order valence-electron chi connectivity index (χ3n) is 1.70. The van der Waals surface area contributed by atoms with Gasteiger partial charge in [-0.25, -0.2) is 9.59 Å². The first-order valence-corrected chi connectivity index (χ1v) is 5.07. The van der Waals surface area contributed by atoms with E-state index in [9.17, 15) is 9.59 Å². The first-order chi connectivity index (χ1) is 8.07. The number of amides is 2. The van der Waals surface area contributed by atoms with Gasteiger partial charge in [0.25, 0.3) is 0 Å². The van der Waals surface area contributed by atoms with Gasteiger partial charge in [0, 0.05) is 13.7 Å². The molecule has 8 heteroatoms. The summed E-state index contributed by atoms with van der Waals surface area (Å²) in [5.41, 5.74) is 0. The molecule has 0 aromatic carbocycles. The van der Waals surface area contributed by atoms with Gasteiger partial charge in [0.15, 0.2) is 6.10 Å². The number of carboxylic acids is 1. The highest BCUT2D eigenvalue weighted by molar-refractivity contribution is 5.76. The summed E-state index contributed by atoms with van der Waals surface area (Å²) in [6.07, 6.45) is -1.60. The summed E-state index contributed by atoms with van der Waals surface area (Å²) in [5.74, 6) is -1.38. The largest absolute Gasteiger partial charge is 0.479 e. The summed E-state index contributed by atoms with van der Waals surface area (Å²) >= 11 is 0. The van der Waals surface area contributed by atoms with Crippen LogP contribution in [0.25, 0.3) is 0 Å². The van der Waals surface area contributed by atoms with Crippen molar-refractivity contribution in [2.24, 2.45) is 0 Å². The first-order valence-electron chi connectivity index (χ1n) is 5.07. The number of nitrogens with one attached hydrogen (secondary N) is 2. The van der Waals surface area contributed by atoms with E-state index in [1.54, 1.807) is 7.11 Å². The molecule has 0 radical (unpaired) electrons. The molecule has 100 valence electrons. The Morgan fingerprint density at radius 1 is 1.24 bits per heavy atom. The molecule has 0 saturated carbocycles. The number of carbonyl (C=O) groups excluding carboxylic acids is 1. The van der Waals surface area contributed by atoms with Crippen molar-refractivity contribution < 1.29 is 29.3 Å². The summed E-state index contributed by atoms with van der Waals surface area (Å²) in [6.45, 7) is 1.21. The fraction of sp³-hybridized carbons (Fsp3) is 0.778. The predicted molar refractivity (Wildman–Crippen MR) is 57.7 cm³/mol. The van der Waals surface area contributed by atoms with Crippen LogP contribution in [0.3, 0.4) is 0 Å². The number of carbonyl (C=O) groups is 2. The molecular formula is C9H18N2O6. The first kappa shape index (κ1) is 15.6. The number of ether oxygens (including phenoxy) is 2. The van der Waals surface area contributed by atoms with Crippen LogP contribution in [0.1, 0.15) is 0 Å². The second-order valence-corrected chi connectivity index (χ2v) is 3.10. The third-order valence-corrected chi connectivity index (χ3v) is 1.70. The van der Waals surface area contributed by atoms with Gasteiger partial charge in [-0.1, -0.05) is 0 Å². The van der Waals surface area contributed by atoms with E-state index in [1.807, 2.05) is 0 Å². The van der Waals surface area contributed by atoms with Gasteiger partial charge in [-0.3, -0.25) is 0 Å². The van der Waals surface area contributed by atoms with Crippen molar-refractivity contribution in [1.29, 1.82) is 0 Å². The van der Waals surface area contributed by atoms with Crippen LogP contribution in [0.15, 0.2) is 0 Å². The fourth-order valence-corrected chi connectivity index (χ4v) is 0.820. The number of carboxylic acid groups (broad SMARTS) is 1. The Bertz CT molecular complexity index is 236. The minimum Gasteiger partial charge on any atom is -0.479 e. The topological polar surface area (TPSA) is 117 Å². The zero-order chi connectivity index (χ0) is 13.1. The predicted octanol–water partition coefficient (Wildman–Crippen LogP) is -1.61. The molecule has 0 aromatic rings. The van der Waals surface area contributed by atoms with Gasteiger partial charge in [0.1, 0.15) is 0 Å². The highest BCUT2D eigenvalue weighted by Crippen LogP contribution is 1.80. The van der Waals surface area contributed by atoms with E-state index < -0.39 is 18.1 Å². The number of rotatable bonds is 9. The molecular weight excluding hydrogens is 232 g/mol. The molecule has 2 amide bonds. The van der Waals surface area contributed by atoms with Crippen LogP contribution in [0.5, 0.6) is 0 Å². The molecule has 0 unspecified atom stereocenters. The van der Waals surface area contributed by atoms with E-state index in [-0.39, 0.29) is 6.54 Å². The standard InChI is InChI=1S/C9H18N2O6/c1-16-4-5-17-3-2-10-9(15)11-6-7(12)8(13)14/h7,12H,2-6H2,1H3,(H,13,14)(H2,10,11,15)/t7-/m0/s1. The Hall–Kier alpha value is -1.38. The normalized spacial score (nSPS) is 11.9. The van der Waals surface area contributed by atoms with Gasteiger partial charge < -0.3 is 30.3 Å². The number of aliphatic hydroxyl groups is 1. The maximum atomic E-state index is 11.1. The second-order valence-electron chi connectivity index (χ2n) is 3.10. The lowest BCUT2D eigenvalue weighted by atomic mass is 10.4. The number of methoxy groups -OCH3 is 1. The van der Waals surface area contributed by atoms with Crippen molar-refractivity contribution in [3.63, 3.8) is 0 Å². The van der Waals surface area contributed by atoms with Gasteiger partial charge in [-0.2, -0.15) is 0 Å². The molecule has 0 aliphatic heterocycles. The zero-order valence-corrected chi connectivity index (χ0v) is 9.64. The summed E-state index contributed by atoms with van der Waals surface area (Å²) in [5, 5.41) is 21.8. The van der Waals surface area contributed by atoms with E-state index in [4.69, 9.17) is 19.7 Å². The van der Waals surface area contributed by atoms with Gasteiger partial charge in [-0.15, -0.1) is 0 Å². The molecule has 0 fully saturated rings. The van der Waals surface area contributed by atoms with Crippen molar-refractivity contribution in [1.82, 2.24) is 10.6 Å². The molecule has 8 nitrogen and oxygen atoms in total. The number of urea groups is 1. The van der Waals surface area contributed by atoms with Crippen LogP contribution < -0.4 is 10.6 Å². The van der Waals surface area contributed by atoms with Gasteiger partial charge in [0.2, 0.25) is 0 Å². The van der Waals surface area contributed by atoms with Crippen molar-refractivity contribution >= 4 is 12.0 Å². The maximum absolute atomic E-state index is 11.1. The minimum atomic E-state index is -1.60. The number of hydrogen-bond donors (Lipinski definition) is 4. The Labute approximate surface area is 98.9 Å². The monoisotopic (exact) mass is 250 g/mol. The Morgan fingerprint density at radius 2 is 1.94 bits per heavy atom. The average molecular weight is 250 g/mol. The minimum absolute atomic E-state index is 0.290. The molecule has 0 spiro atoms. The van der Waals surface area contributed by atoms with E-state index in [2.05, 4.69) is 10.6 Å². The van der Waals surface area contributed by atoms with Crippen molar-refractivity contribution in [3.05, 3.63) is 0 Å². The van der Waals surface area contributed by atoms with Crippen LogP contribution in [-0.4, -0.2) is 68.3 Å². The smallest absolute Gasteiger partial charge is 0.334 e. The molecule has 4 N–H and O–H groups in total. The number of aliphatic hydroxyl groups excluding tert-OH is 1. The van der Waals surface area contributed by atoms with Crippen LogP contribution >= 0.6 is 0 Å². The van der Waals surface area contributed by atoms with Crippen molar-refractivity contribution in [2.75, 3.05) is 40.0 Å². The molecule has 0 heterocycles. The van der Waals surface area contributed by atoms with E-state index in [1.165, 1.54) is 0 Å². The quantitative estimate of drug-likeness (QED) is 0.366. The summed E-state index contributed by atoms with van der Waals surface area (Å²) in [4.78, 5) is 21.3. The Morgan fingerprint density at radius 3 is 2.53 bits per heavy atom. The summed E-state index contributed by atoms with van der Waals surface area (Å²) in [7, 11) is 1.56. The number of hydrogen-bond acceptors (Lipinski definition) is 5. The van der Waals surface area contributed by atoms with E-state index in [0.717, 1.165) is 0 Å². The fourth-order valence-electron chi connectivity index (χ4n) is 0.820. The maximum Gasteiger partial charge on any atom is 0.334 e. The molecule has 0 aliphatic carbocycles. The van der Waals surface area contributed by atoms with Crippen LogP contribution in [-0.2, 0) is 14.3 Å². The van der Waals surface area contributed by atoms with Crippen LogP contribution in [0.2, 0.25) is 0 Å². The van der Waals surface area contributed by atoms with Crippen LogP contribution in [0, 0.1) is 0 Å². The van der Waals surface area contributed by atoms with Gasteiger partial charge in [0.05, 0.1) is 26.4 Å². The van der Waals surface area contributed by atoms with E-state index >= 15 is 0 Å². The molecule has 1 atom stereocenters. The van der Waals surface area contributed by atoms with Crippen molar-refractivity contribution in [3.8, 4) is 0 Å². The van der Waals surface area contributed by atoms with Crippen LogP contribution in [0.4, 0.5) is 4.79 Å². The lowest BCUT2D eigenvalue weighted by Crippen LogP contribution is -2.42. The molecule has 0 aliphatic rings. The zero-order valence-electron chi connectivity index (χ0n) is 9.64. The second kappa shape index (κ2) is 9.82. The molecule has 0 bridgehead atoms. The SMILES string of the molecule is COCCOCCNC(=O)NC[C@H](O)C(=O)O. The molecule has 0 saturated heterocycles. The lowest BCUT2D eigenvalue weighted by molar-refractivity contribution is -0.146. The lowest BCUT2D eigenvalue weighted by Gasteiger charge is -2.09. The molecule has 0 aromatic heterocycles.